The summed E-state index contributed by atoms with van der Waals surface area (Å²) in [6, 6.07) is 5.37. The van der Waals surface area contributed by atoms with Gasteiger partial charge in [-0.1, -0.05) is 11.6 Å². The van der Waals surface area contributed by atoms with Gasteiger partial charge in [-0.3, -0.25) is 4.79 Å². The largest absolute Gasteiger partial charge is 0.325 e. The summed E-state index contributed by atoms with van der Waals surface area (Å²) in [5.41, 5.74) is 0.216. The van der Waals surface area contributed by atoms with Crippen LogP contribution in [0.2, 0.25) is 5.02 Å². The number of anilines is 1. The number of nitrogens with zero attached hydrogens (tertiary/aromatic N) is 1. The van der Waals surface area contributed by atoms with E-state index in [9.17, 15) is 17.6 Å². The number of halogens is 2. The van der Waals surface area contributed by atoms with E-state index in [4.69, 9.17) is 16.9 Å². The minimum absolute atomic E-state index is 0.119. The predicted octanol–water partition coefficient (Wildman–Crippen LogP) is 2.14. The van der Waals surface area contributed by atoms with Crippen LogP contribution in [0, 0.1) is 17.1 Å². The number of sulfone groups is 1. The van der Waals surface area contributed by atoms with Crippen molar-refractivity contribution in [1.29, 1.82) is 5.26 Å². The first-order chi connectivity index (χ1) is 9.34. The van der Waals surface area contributed by atoms with Crippen LogP contribution in [-0.4, -0.2) is 25.8 Å². The van der Waals surface area contributed by atoms with Crippen LogP contribution in [-0.2, 0) is 14.6 Å². The molecule has 0 spiro atoms. The molecule has 1 aromatic rings. The van der Waals surface area contributed by atoms with E-state index in [0.717, 1.165) is 6.07 Å². The second-order valence-electron chi connectivity index (χ2n) is 4.03. The van der Waals surface area contributed by atoms with Crippen molar-refractivity contribution in [2.75, 3.05) is 16.8 Å². The third-order valence-corrected chi connectivity index (χ3v) is 4.20. The molecule has 0 saturated heterocycles. The van der Waals surface area contributed by atoms with Crippen LogP contribution in [0.5, 0.6) is 0 Å². The van der Waals surface area contributed by atoms with Crippen LogP contribution in [0.3, 0.4) is 0 Å². The third-order valence-electron chi connectivity index (χ3n) is 2.30. The molecular formula is C12H12ClFN2O3S. The number of amides is 1. The van der Waals surface area contributed by atoms with Crippen molar-refractivity contribution >= 4 is 33.0 Å². The van der Waals surface area contributed by atoms with E-state index in [1.807, 2.05) is 6.07 Å². The number of benzene rings is 1. The van der Waals surface area contributed by atoms with Crippen molar-refractivity contribution in [1.82, 2.24) is 0 Å². The lowest BCUT2D eigenvalue weighted by atomic mass is 10.3. The molecule has 0 aromatic heterocycles. The Hall–Kier alpha value is -1.65. The van der Waals surface area contributed by atoms with Crippen LogP contribution in [0.25, 0.3) is 0 Å². The highest BCUT2D eigenvalue weighted by Gasteiger charge is 2.16. The highest BCUT2D eigenvalue weighted by atomic mass is 35.5. The van der Waals surface area contributed by atoms with Crippen LogP contribution >= 0.6 is 11.6 Å². The summed E-state index contributed by atoms with van der Waals surface area (Å²) >= 11 is 5.54. The van der Waals surface area contributed by atoms with Crippen molar-refractivity contribution in [3.05, 3.63) is 29.0 Å². The van der Waals surface area contributed by atoms with Gasteiger partial charge in [0.25, 0.3) is 0 Å². The Labute approximate surface area is 121 Å². The second kappa shape index (κ2) is 7.22. The Balaban J connectivity index is 2.59. The first-order valence-corrected chi connectivity index (χ1v) is 7.86. The first-order valence-electron chi connectivity index (χ1n) is 5.66. The van der Waals surface area contributed by atoms with Gasteiger partial charge < -0.3 is 5.32 Å². The summed E-state index contributed by atoms with van der Waals surface area (Å²) in [6.45, 7) is 0. The SMILES string of the molecule is N#CCCCS(=O)(=O)CC(=O)Nc1ccc(F)c(Cl)c1. The standard InChI is InChI=1S/C12H12ClFN2O3S/c13-10-7-9(3-4-11(10)14)16-12(17)8-20(18,19)6-2-1-5-15/h3-4,7H,1-2,6,8H2,(H,16,17). The number of hydrogen-bond acceptors (Lipinski definition) is 4. The molecule has 1 N–H and O–H groups in total. The van der Waals surface area contributed by atoms with Crippen LogP contribution in [0.4, 0.5) is 10.1 Å². The molecule has 108 valence electrons. The van der Waals surface area contributed by atoms with E-state index < -0.39 is 27.3 Å². The number of nitriles is 1. The van der Waals surface area contributed by atoms with Crippen molar-refractivity contribution in [2.24, 2.45) is 0 Å². The Morgan fingerprint density at radius 2 is 2.15 bits per heavy atom. The van der Waals surface area contributed by atoms with Gasteiger partial charge in [0.1, 0.15) is 11.6 Å². The molecule has 1 aromatic carbocycles. The van der Waals surface area contributed by atoms with E-state index in [0.29, 0.717) is 0 Å². The highest BCUT2D eigenvalue weighted by molar-refractivity contribution is 7.92. The lowest BCUT2D eigenvalue weighted by molar-refractivity contribution is -0.113. The zero-order chi connectivity index (χ0) is 15.2. The summed E-state index contributed by atoms with van der Waals surface area (Å²) in [4.78, 5) is 11.6. The first kappa shape index (κ1) is 16.4. The van der Waals surface area contributed by atoms with Gasteiger partial charge >= 0.3 is 0 Å². The molecule has 0 radical (unpaired) electrons. The van der Waals surface area contributed by atoms with E-state index >= 15 is 0 Å². The number of nitrogens with one attached hydrogen (secondary N) is 1. The third kappa shape index (κ3) is 5.55. The van der Waals surface area contributed by atoms with Gasteiger partial charge in [-0.05, 0) is 24.6 Å². The van der Waals surface area contributed by atoms with Crippen molar-refractivity contribution in [3.8, 4) is 6.07 Å². The molecule has 20 heavy (non-hydrogen) atoms. The van der Waals surface area contributed by atoms with Crippen LogP contribution < -0.4 is 5.32 Å². The maximum atomic E-state index is 12.9. The fourth-order valence-corrected chi connectivity index (χ4v) is 2.79. The molecule has 1 rings (SSSR count). The quantitative estimate of drug-likeness (QED) is 0.814. The maximum Gasteiger partial charge on any atom is 0.239 e. The number of rotatable bonds is 6. The van der Waals surface area contributed by atoms with Crippen molar-refractivity contribution < 1.29 is 17.6 Å². The summed E-state index contributed by atoms with van der Waals surface area (Å²) in [6.07, 6.45) is 0.308. The second-order valence-corrected chi connectivity index (χ2v) is 6.62. The van der Waals surface area contributed by atoms with Crippen molar-refractivity contribution in [2.45, 2.75) is 12.8 Å². The van der Waals surface area contributed by atoms with Gasteiger partial charge in [0.2, 0.25) is 5.91 Å². The number of carbonyl (C=O) groups is 1. The normalized spacial score (nSPS) is 10.8. The smallest absolute Gasteiger partial charge is 0.239 e. The average molecular weight is 319 g/mol. The van der Waals surface area contributed by atoms with Gasteiger partial charge in [-0.15, -0.1) is 0 Å². The molecule has 0 heterocycles. The number of carbonyl (C=O) groups excluding carboxylic acids is 1. The Bertz CT molecular complexity index is 641. The van der Waals surface area contributed by atoms with E-state index in [1.54, 1.807) is 0 Å². The minimum atomic E-state index is -3.56. The molecular weight excluding hydrogens is 307 g/mol. The predicted molar refractivity (Wildman–Crippen MR) is 73.5 cm³/mol. The molecule has 0 aliphatic carbocycles. The van der Waals surface area contributed by atoms with Crippen molar-refractivity contribution in [3.63, 3.8) is 0 Å². The lowest BCUT2D eigenvalue weighted by Gasteiger charge is -2.06. The Kier molecular flexibility index (Phi) is 5.92. The lowest BCUT2D eigenvalue weighted by Crippen LogP contribution is -2.24. The summed E-state index contributed by atoms with van der Waals surface area (Å²) in [5, 5.41) is 10.5. The van der Waals surface area contributed by atoms with Crippen LogP contribution in [0.1, 0.15) is 12.8 Å². The zero-order valence-electron chi connectivity index (χ0n) is 10.4. The van der Waals surface area contributed by atoms with Crippen LogP contribution in [0.15, 0.2) is 18.2 Å². The van der Waals surface area contributed by atoms with E-state index in [-0.39, 0.29) is 29.3 Å². The summed E-state index contributed by atoms with van der Waals surface area (Å²) < 4.78 is 36.1. The Morgan fingerprint density at radius 1 is 1.45 bits per heavy atom. The van der Waals surface area contributed by atoms with Gasteiger partial charge in [0, 0.05) is 12.1 Å². The molecule has 0 aliphatic heterocycles. The van der Waals surface area contributed by atoms with Gasteiger partial charge in [0.05, 0.1) is 16.8 Å². The highest BCUT2D eigenvalue weighted by Crippen LogP contribution is 2.19. The monoisotopic (exact) mass is 318 g/mol. The van der Waals surface area contributed by atoms with Gasteiger partial charge in [-0.2, -0.15) is 5.26 Å². The molecule has 5 nitrogen and oxygen atoms in total. The van der Waals surface area contributed by atoms with E-state index in [2.05, 4.69) is 5.32 Å². The fourth-order valence-electron chi connectivity index (χ4n) is 1.41. The topological polar surface area (TPSA) is 87.0 Å². The fraction of sp³-hybridized carbons (Fsp3) is 0.333. The number of hydrogen-bond donors (Lipinski definition) is 1. The van der Waals surface area contributed by atoms with Gasteiger partial charge in [-0.25, -0.2) is 12.8 Å². The molecule has 0 atom stereocenters. The molecule has 1 amide bonds. The summed E-state index contributed by atoms with van der Waals surface area (Å²) in [5.74, 6) is -2.27. The average Bonchev–Trinajstić information content (AvgIpc) is 2.33. The molecule has 0 fully saturated rings. The zero-order valence-corrected chi connectivity index (χ0v) is 12.0. The summed E-state index contributed by atoms with van der Waals surface area (Å²) in [7, 11) is -3.56. The molecule has 0 saturated carbocycles. The minimum Gasteiger partial charge on any atom is -0.325 e. The molecule has 8 heteroatoms. The molecule has 0 unspecified atom stereocenters. The maximum absolute atomic E-state index is 12.9. The molecule has 0 aliphatic rings. The van der Waals surface area contributed by atoms with Gasteiger partial charge in [0.15, 0.2) is 9.84 Å². The molecule has 0 bridgehead atoms. The Morgan fingerprint density at radius 3 is 2.75 bits per heavy atom. The van der Waals surface area contributed by atoms with E-state index in [1.165, 1.54) is 12.1 Å². The number of unbranched alkanes of at least 4 members (excludes halogenated alkanes) is 1.